The number of aromatic nitrogens is 3. The normalized spacial score (nSPS) is 16.0. The number of halogens is 1. The highest BCUT2D eigenvalue weighted by molar-refractivity contribution is 5.96. The van der Waals surface area contributed by atoms with Gasteiger partial charge in [-0.15, -0.1) is 0 Å². The summed E-state index contributed by atoms with van der Waals surface area (Å²) in [6.07, 6.45) is 0.520. The van der Waals surface area contributed by atoms with Crippen LogP contribution in [-0.4, -0.2) is 62.6 Å². The molecular weight excluding hydrogens is 541 g/mol. The first kappa shape index (κ1) is 31.1. The number of nitrogens with zero attached hydrogens (tertiary/aromatic N) is 4. The Bertz CT molecular complexity index is 1510. The molecule has 4 rings (SSSR count). The van der Waals surface area contributed by atoms with E-state index < -0.39 is 23.6 Å². The van der Waals surface area contributed by atoms with Crippen molar-refractivity contribution >= 4 is 29.1 Å². The van der Waals surface area contributed by atoms with Gasteiger partial charge in [0.1, 0.15) is 11.6 Å². The molecule has 42 heavy (non-hydrogen) atoms. The molecule has 1 aliphatic rings. The Morgan fingerprint density at radius 2 is 1.81 bits per heavy atom. The first-order valence-corrected chi connectivity index (χ1v) is 14.2. The molecule has 0 aliphatic carbocycles. The van der Waals surface area contributed by atoms with Crippen LogP contribution in [-0.2, 0) is 20.7 Å². The van der Waals surface area contributed by atoms with Crippen LogP contribution in [0.5, 0.6) is 0 Å². The number of fused-ring (bicyclic) bond motifs is 1. The number of carbonyl (C=O) groups is 3. The standard InChI is InChI=1S/C31H40FN5O5/c1-18-14-20(8-9-22(18)32)15-21(38)17-33-27(39)23-16-24-34-19(2)25(26(29(40)41)42-30(3,4)5)28(37(24)35-23)36-12-10-31(6,7)11-13-36/h8-9,14,16,26H,10-13,15,17H2,1-7H3,(H,33,39)(H,40,41). The topological polar surface area (TPSA) is 126 Å². The molecule has 1 unspecified atom stereocenters. The number of Topliss-reactive ketones (excluding diaryl/α,β-unsaturated/α-hetero) is 1. The van der Waals surface area contributed by atoms with E-state index in [1.54, 1.807) is 46.8 Å². The van der Waals surface area contributed by atoms with Crippen molar-refractivity contribution in [2.75, 3.05) is 24.5 Å². The fourth-order valence-corrected chi connectivity index (χ4v) is 5.12. The summed E-state index contributed by atoms with van der Waals surface area (Å²) >= 11 is 0. The van der Waals surface area contributed by atoms with Crippen molar-refractivity contribution in [3.05, 3.63) is 58.2 Å². The second kappa shape index (κ2) is 11.8. The summed E-state index contributed by atoms with van der Waals surface area (Å²) < 4.78 is 21.1. The second-order valence-corrected chi connectivity index (χ2v) is 12.8. The third-order valence-electron chi connectivity index (χ3n) is 7.48. The summed E-state index contributed by atoms with van der Waals surface area (Å²) in [4.78, 5) is 44.9. The van der Waals surface area contributed by atoms with Gasteiger partial charge in [0.25, 0.3) is 5.91 Å². The summed E-state index contributed by atoms with van der Waals surface area (Å²) in [6.45, 7) is 14.3. The number of hydrogen-bond acceptors (Lipinski definition) is 7. The Balaban J connectivity index is 1.66. The maximum absolute atomic E-state index is 13.6. The van der Waals surface area contributed by atoms with Gasteiger partial charge in [-0.1, -0.05) is 26.0 Å². The SMILES string of the molecule is Cc1cc(CC(=O)CNC(=O)c2cc3nc(C)c(C(OC(C)(C)C)C(=O)O)c(N4CCC(C)(C)CC4)n3n2)ccc1F. The average molecular weight is 582 g/mol. The number of carbonyl (C=O) groups excluding carboxylic acids is 2. The number of carboxylic acid groups (broad SMARTS) is 1. The van der Waals surface area contributed by atoms with Gasteiger partial charge in [0.15, 0.2) is 23.2 Å². The van der Waals surface area contributed by atoms with Crippen LogP contribution in [0.3, 0.4) is 0 Å². The second-order valence-electron chi connectivity index (χ2n) is 12.8. The van der Waals surface area contributed by atoms with Crippen LogP contribution < -0.4 is 10.2 Å². The van der Waals surface area contributed by atoms with Crippen molar-refractivity contribution in [3.8, 4) is 0 Å². The number of anilines is 1. The number of benzene rings is 1. The lowest BCUT2D eigenvalue weighted by atomic mass is 9.82. The fraction of sp³-hybridized carbons (Fsp3) is 0.516. The van der Waals surface area contributed by atoms with E-state index in [1.807, 2.05) is 0 Å². The number of hydrogen-bond donors (Lipinski definition) is 2. The van der Waals surface area contributed by atoms with Crippen molar-refractivity contribution in [3.63, 3.8) is 0 Å². The van der Waals surface area contributed by atoms with Gasteiger partial charge < -0.3 is 20.1 Å². The maximum Gasteiger partial charge on any atom is 0.337 e. The molecule has 2 N–H and O–H groups in total. The molecule has 11 heteroatoms. The lowest BCUT2D eigenvalue weighted by Gasteiger charge is -2.39. The number of ketones is 1. The Morgan fingerprint density at radius 3 is 2.40 bits per heavy atom. The molecule has 0 saturated carbocycles. The number of carboxylic acids is 1. The van der Waals surface area contributed by atoms with Gasteiger partial charge >= 0.3 is 5.97 Å². The third-order valence-corrected chi connectivity index (χ3v) is 7.48. The lowest BCUT2D eigenvalue weighted by Crippen LogP contribution is -2.40. The Kier molecular flexibility index (Phi) is 8.73. The molecule has 3 aromatic rings. The van der Waals surface area contributed by atoms with Crippen LogP contribution in [0.25, 0.3) is 5.65 Å². The van der Waals surface area contributed by atoms with Crippen LogP contribution in [0, 0.1) is 25.1 Å². The highest BCUT2D eigenvalue weighted by atomic mass is 19.1. The van der Waals surface area contributed by atoms with Crippen LogP contribution in [0.1, 0.15) is 86.4 Å². The number of piperidine rings is 1. The Hall–Kier alpha value is -3.86. The summed E-state index contributed by atoms with van der Waals surface area (Å²) in [7, 11) is 0. The summed E-state index contributed by atoms with van der Waals surface area (Å²) in [5.41, 5.74) is 1.79. The molecule has 3 heterocycles. The zero-order chi connectivity index (χ0) is 31.0. The van der Waals surface area contributed by atoms with Crippen LogP contribution in [0.4, 0.5) is 10.2 Å². The molecule has 1 saturated heterocycles. The third kappa shape index (κ3) is 7.13. The van der Waals surface area contributed by atoms with Gasteiger partial charge in [-0.05, 0) is 70.1 Å². The van der Waals surface area contributed by atoms with Gasteiger partial charge in [0.2, 0.25) is 0 Å². The van der Waals surface area contributed by atoms with Crippen molar-refractivity contribution < 1.29 is 28.6 Å². The summed E-state index contributed by atoms with van der Waals surface area (Å²) in [6, 6.07) is 6.00. The Labute approximate surface area is 245 Å². The number of nitrogens with one attached hydrogen (secondary N) is 1. The molecule has 10 nitrogen and oxygen atoms in total. The first-order valence-electron chi connectivity index (χ1n) is 14.2. The molecular formula is C31H40FN5O5. The molecule has 0 radical (unpaired) electrons. The van der Waals surface area contributed by atoms with E-state index in [0.717, 1.165) is 12.8 Å². The van der Waals surface area contributed by atoms with Gasteiger partial charge in [-0.3, -0.25) is 9.59 Å². The average Bonchev–Trinajstić information content (AvgIpc) is 3.31. The number of amides is 1. The smallest absolute Gasteiger partial charge is 0.337 e. The minimum atomic E-state index is -1.30. The molecule has 1 aromatic carbocycles. The predicted octanol–water partition coefficient (Wildman–Crippen LogP) is 4.59. The zero-order valence-electron chi connectivity index (χ0n) is 25.4. The minimum Gasteiger partial charge on any atom is -0.479 e. The van der Waals surface area contributed by atoms with E-state index in [1.165, 1.54) is 16.6 Å². The highest BCUT2D eigenvalue weighted by Crippen LogP contribution is 2.38. The molecule has 1 aliphatic heterocycles. The maximum atomic E-state index is 13.6. The van der Waals surface area contributed by atoms with Gasteiger partial charge in [-0.2, -0.15) is 9.61 Å². The highest BCUT2D eigenvalue weighted by Gasteiger charge is 2.36. The van der Waals surface area contributed by atoms with Gasteiger partial charge in [-0.25, -0.2) is 14.2 Å². The van der Waals surface area contributed by atoms with Crippen LogP contribution >= 0.6 is 0 Å². The quantitative estimate of drug-likeness (QED) is 0.376. The number of rotatable bonds is 9. The van der Waals surface area contributed by atoms with E-state index in [-0.39, 0.29) is 35.7 Å². The lowest BCUT2D eigenvalue weighted by molar-refractivity contribution is -0.160. The van der Waals surface area contributed by atoms with E-state index in [0.29, 0.717) is 46.9 Å². The molecule has 2 aromatic heterocycles. The number of aryl methyl sites for hydroxylation is 2. The molecule has 0 bridgehead atoms. The largest absolute Gasteiger partial charge is 0.479 e. The van der Waals surface area contributed by atoms with E-state index in [4.69, 9.17) is 4.74 Å². The predicted molar refractivity (Wildman–Crippen MR) is 156 cm³/mol. The van der Waals surface area contributed by atoms with Crippen LogP contribution in [0.15, 0.2) is 24.3 Å². The molecule has 1 fully saturated rings. The number of ether oxygens (including phenoxy) is 1. The first-order chi connectivity index (χ1) is 19.5. The van der Waals surface area contributed by atoms with E-state index in [9.17, 15) is 23.9 Å². The molecule has 1 amide bonds. The molecule has 226 valence electrons. The molecule has 1 atom stereocenters. The summed E-state index contributed by atoms with van der Waals surface area (Å²) in [5, 5.41) is 17.4. The number of aliphatic carboxylic acids is 1. The minimum absolute atomic E-state index is 0.0479. The van der Waals surface area contributed by atoms with Crippen molar-refractivity contribution in [1.82, 2.24) is 19.9 Å². The molecule has 0 spiro atoms. The monoisotopic (exact) mass is 581 g/mol. The van der Waals surface area contributed by atoms with Crippen molar-refractivity contribution in [1.29, 1.82) is 0 Å². The Morgan fingerprint density at radius 1 is 1.14 bits per heavy atom. The van der Waals surface area contributed by atoms with E-state index >= 15 is 0 Å². The van der Waals surface area contributed by atoms with Gasteiger partial charge in [0.05, 0.1) is 17.7 Å². The van der Waals surface area contributed by atoms with Gasteiger partial charge in [0, 0.05) is 31.3 Å². The van der Waals surface area contributed by atoms with Crippen molar-refractivity contribution in [2.45, 2.75) is 79.4 Å². The van der Waals surface area contributed by atoms with Crippen molar-refractivity contribution in [2.24, 2.45) is 5.41 Å². The summed E-state index contributed by atoms with van der Waals surface area (Å²) in [5.74, 6) is -1.76. The van der Waals surface area contributed by atoms with Crippen LogP contribution in [0.2, 0.25) is 0 Å². The van der Waals surface area contributed by atoms with E-state index in [2.05, 4.69) is 34.1 Å². The zero-order valence-corrected chi connectivity index (χ0v) is 25.4. The fourth-order valence-electron chi connectivity index (χ4n) is 5.12.